The lowest BCUT2D eigenvalue weighted by Crippen LogP contribution is -2.14. The van der Waals surface area contributed by atoms with E-state index in [1.54, 1.807) is 19.2 Å². The van der Waals surface area contributed by atoms with Crippen LogP contribution in [0.3, 0.4) is 0 Å². The van der Waals surface area contributed by atoms with Gasteiger partial charge in [-0.2, -0.15) is 0 Å². The molecular weight excluding hydrogens is 284 g/mol. The fourth-order valence-electron chi connectivity index (χ4n) is 2.02. The maximum atomic E-state index is 9.26. The Bertz CT molecular complexity index is 627. The number of phenols is 1. The van der Waals surface area contributed by atoms with E-state index in [1.807, 2.05) is 30.3 Å². The summed E-state index contributed by atoms with van der Waals surface area (Å²) in [6.07, 6.45) is 0.828. The number of nitrogens with one attached hydrogen (secondary N) is 1. The highest BCUT2D eigenvalue weighted by Gasteiger charge is 2.06. The average molecular weight is 302 g/mol. The van der Waals surface area contributed by atoms with Crippen LogP contribution >= 0.6 is 12.2 Å². The Morgan fingerprint density at radius 2 is 1.95 bits per heavy atom. The number of hydrogen-bond donors (Lipinski definition) is 3. The van der Waals surface area contributed by atoms with Crippen LogP contribution < -0.4 is 15.8 Å². The van der Waals surface area contributed by atoms with E-state index in [2.05, 4.69) is 5.32 Å². The lowest BCUT2D eigenvalue weighted by molar-refractivity contribution is 0.415. The van der Waals surface area contributed by atoms with E-state index >= 15 is 0 Å². The second kappa shape index (κ2) is 6.95. The molecule has 0 heterocycles. The van der Waals surface area contributed by atoms with Crippen molar-refractivity contribution in [2.24, 2.45) is 5.73 Å². The van der Waals surface area contributed by atoms with Gasteiger partial charge in [-0.15, -0.1) is 0 Å². The van der Waals surface area contributed by atoms with Gasteiger partial charge in [0.1, 0.15) is 16.5 Å². The van der Waals surface area contributed by atoms with Gasteiger partial charge in [0, 0.05) is 23.9 Å². The topological polar surface area (TPSA) is 67.5 Å². The van der Waals surface area contributed by atoms with E-state index in [0.29, 0.717) is 4.99 Å². The highest BCUT2D eigenvalue weighted by atomic mass is 32.1. The third-order valence-electron chi connectivity index (χ3n) is 3.16. The number of nitrogens with two attached hydrogens (primary N) is 1. The van der Waals surface area contributed by atoms with Crippen molar-refractivity contribution in [3.63, 3.8) is 0 Å². The van der Waals surface area contributed by atoms with Gasteiger partial charge in [0.05, 0.1) is 7.11 Å². The Balaban J connectivity index is 2.04. The second-order valence-electron chi connectivity index (χ2n) is 4.62. The largest absolute Gasteiger partial charge is 0.508 e. The van der Waals surface area contributed by atoms with Gasteiger partial charge >= 0.3 is 0 Å². The summed E-state index contributed by atoms with van der Waals surface area (Å²) in [5.74, 6) is 1.03. The summed E-state index contributed by atoms with van der Waals surface area (Å²) in [6.45, 7) is 0.730. The minimum absolute atomic E-state index is 0.273. The summed E-state index contributed by atoms with van der Waals surface area (Å²) in [5, 5.41) is 12.6. The normalized spacial score (nSPS) is 10.1. The van der Waals surface area contributed by atoms with Crippen LogP contribution in [0.15, 0.2) is 42.5 Å². The Labute approximate surface area is 129 Å². The predicted molar refractivity (Wildman–Crippen MR) is 89.2 cm³/mol. The van der Waals surface area contributed by atoms with Crippen LogP contribution in [0, 0.1) is 0 Å². The van der Waals surface area contributed by atoms with Gasteiger partial charge < -0.3 is 20.9 Å². The molecule has 0 aliphatic rings. The molecule has 2 aromatic carbocycles. The molecule has 2 aromatic rings. The molecule has 0 aliphatic heterocycles. The Morgan fingerprint density at radius 3 is 2.57 bits per heavy atom. The predicted octanol–water partition coefficient (Wildman–Crippen LogP) is 2.69. The lowest BCUT2D eigenvalue weighted by Gasteiger charge is -2.13. The van der Waals surface area contributed by atoms with E-state index in [9.17, 15) is 5.11 Å². The number of rotatable bonds is 6. The average Bonchev–Trinajstić information content (AvgIpc) is 2.49. The van der Waals surface area contributed by atoms with Gasteiger partial charge in [0.25, 0.3) is 0 Å². The van der Waals surface area contributed by atoms with Crippen molar-refractivity contribution in [3.8, 4) is 11.5 Å². The van der Waals surface area contributed by atoms with Crippen molar-refractivity contribution in [2.45, 2.75) is 6.42 Å². The molecular formula is C16H18N2O2S. The van der Waals surface area contributed by atoms with Crippen molar-refractivity contribution in [3.05, 3.63) is 53.6 Å². The van der Waals surface area contributed by atoms with Gasteiger partial charge in [-0.1, -0.05) is 24.4 Å². The van der Waals surface area contributed by atoms with Gasteiger partial charge in [-0.25, -0.2) is 0 Å². The Morgan fingerprint density at radius 1 is 1.24 bits per heavy atom. The smallest absolute Gasteiger partial charge is 0.120 e. The lowest BCUT2D eigenvalue weighted by atomic mass is 10.1. The van der Waals surface area contributed by atoms with Crippen LogP contribution in [-0.2, 0) is 6.42 Å². The molecule has 4 N–H and O–H groups in total. The zero-order chi connectivity index (χ0) is 15.2. The molecule has 21 heavy (non-hydrogen) atoms. The van der Waals surface area contributed by atoms with Crippen LogP contribution in [0.4, 0.5) is 5.69 Å². The van der Waals surface area contributed by atoms with Crippen LogP contribution in [0.1, 0.15) is 11.1 Å². The van der Waals surface area contributed by atoms with Gasteiger partial charge in [0.15, 0.2) is 0 Å². The van der Waals surface area contributed by atoms with Crippen LogP contribution in [0.5, 0.6) is 11.5 Å². The molecule has 0 unspecified atom stereocenters. The highest BCUT2D eigenvalue weighted by molar-refractivity contribution is 7.80. The quantitative estimate of drug-likeness (QED) is 0.716. The van der Waals surface area contributed by atoms with E-state index < -0.39 is 0 Å². The van der Waals surface area contributed by atoms with Crippen LogP contribution in [0.25, 0.3) is 0 Å². The summed E-state index contributed by atoms with van der Waals surface area (Å²) in [4.78, 5) is 0.352. The van der Waals surface area contributed by atoms with E-state index in [4.69, 9.17) is 22.7 Å². The molecule has 0 fully saturated rings. The molecule has 0 spiro atoms. The maximum Gasteiger partial charge on any atom is 0.120 e. The Kier molecular flexibility index (Phi) is 5.00. The number of hydrogen-bond acceptors (Lipinski definition) is 4. The molecule has 0 saturated heterocycles. The molecule has 0 amide bonds. The van der Waals surface area contributed by atoms with Gasteiger partial charge in [-0.05, 0) is 36.2 Å². The third kappa shape index (κ3) is 4.10. The number of benzene rings is 2. The molecule has 110 valence electrons. The number of thiocarbonyl (C=S) groups is 1. The number of phenolic OH excluding ortho intramolecular Hbond substituents is 1. The number of aromatic hydroxyl groups is 1. The highest BCUT2D eigenvalue weighted by Crippen LogP contribution is 2.22. The summed E-state index contributed by atoms with van der Waals surface area (Å²) in [5.41, 5.74) is 8.53. The molecule has 0 aromatic heterocycles. The molecule has 0 atom stereocenters. The number of methoxy groups -OCH3 is 1. The SMILES string of the molecule is COc1ccc(C(N)=S)c(NCCc2ccc(O)cc2)c1. The number of ether oxygens (including phenoxy) is 1. The van der Waals surface area contributed by atoms with E-state index in [1.165, 1.54) is 0 Å². The molecule has 2 rings (SSSR count). The van der Waals surface area contributed by atoms with E-state index in [0.717, 1.165) is 35.5 Å². The molecule has 0 saturated carbocycles. The minimum atomic E-state index is 0.273. The van der Waals surface area contributed by atoms with Gasteiger partial charge in [0.2, 0.25) is 0 Å². The van der Waals surface area contributed by atoms with Crippen molar-refractivity contribution in [2.75, 3.05) is 19.0 Å². The first kappa shape index (κ1) is 15.1. The molecule has 4 nitrogen and oxygen atoms in total. The first-order valence-electron chi connectivity index (χ1n) is 6.60. The minimum Gasteiger partial charge on any atom is -0.508 e. The van der Waals surface area contributed by atoms with Crippen molar-refractivity contribution in [1.82, 2.24) is 0 Å². The third-order valence-corrected chi connectivity index (χ3v) is 3.38. The van der Waals surface area contributed by atoms with Crippen molar-refractivity contribution >= 4 is 22.9 Å². The summed E-state index contributed by atoms with van der Waals surface area (Å²) in [7, 11) is 1.62. The second-order valence-corrected chi connectivity index (χ2v) is 5.06. The Hall–Kier alpha value is -2.27. The van der Waals surface area contributed by atoms with Gasteiger partial charge in [-0.3, -0.25) is 0 Å². The first-order valence-corrected chi connectivity index (χ1v) is 7.00. The summed E-state index contributed by atoms with van der Waals surface area (Å²) < 4.78 is 5.22. The van der Waals surface area contributed by atoms with Crippen molar-refractivity contribution < 1.29 is 9.84 Å². The monoisotopic (exact) mass is 302 g/mol. The standard InChI is InChI=1S/C16H18N2O2S/c1-20-13-6-7-14(16(17)21)15(10-13)18-9-8-11-2-4-12(19)5-3-11/h2-7,10,18-19H,8-9H2,1H3,(H2,17,21). The zero-order valence-electron chi connectivity index (χ0n) is 11.8. The maximum absolute atomic E-state index is 9.26. The van der Waals surface area contributed by atoms with E-state index in [-0.39, 0.29) is 5.75 Å². The molecule has 0 bridgehead atoms. The molecule has 0 radical (unpaired) electrons. The fourth-order valence-corrected chi connectivity index (χ4v) is 2.19. The molecule has 0 aliphatic carbocycles. The summed E-state index contributed by atoms with van der Waals surface area (Å²) in [6, 6.07) is 12.7. The van der Waals surface area contributed by atoms with Crippen molar-refractivity contribution in [1.29, 1.82) is 0 Å². The number of anilines is 1. The zero-order valence-corrected chi connectivity index (χ0v) is 12.6. The molecule has 5 heteroatoms. The summed E-state index contributed by atoms with van der Waals surface area (Å²) >= 11 is 5.06. The fraction of sp³-hybridized carbons (Fsp3) is 0.188. The van der Waals surface area contributed by atoms with Crippen LogP contribution in [0.2, 0.25) is 0 Å². The first-order chi connectivity index (χ1) is 10.1. The van der Waals surface area contributed by atoms with Crippen LogP contribution in [-0.4, -0.2) is 23.7 Å².